The van der Waals surface area contributed by atoms with Gasteiger partial charge in [-0.2, -0.15) is 0 Å². The van der Waals surface area contributed by atoms with Gasteiger partial charge in [0.2, 0.25) is 5.91 Å². The molecule has 3 nitrogen and oxygen atoms in total. The molecule has 1 aliphatic rings. The van der Waals surface area contributed by atoms with Gasteiger partial charge in [0, 0.05) is 13.0 Å². The van der Waals surface area contributed by atoms with Crippen LogP contribution in [0.4, 0.5) is 0 Å². The van der Waals surface area contributed by atoms with Gasteiger partial charge < -0.3 is 11.1 Å². The van der Waals surface area contributed by atoms with Crippen LogP contribution in [0.2, 0.25) is 0 Å². The van der Waals surface area contributed by atoms with Crippen molar-refractivity contribution in [2.75, 3.05) is 6.54 Å². The summed E-state index contributed by atoms with van der Waals surface area (Å²) in [6, 6.07) is 8.24. The summed E-state index contributed by atoms with van der Waals surface area (Å²) in [6.07, 6.45) is 5.76. The molecule has 1 aliphatic carbocycles. The molecule has 104 valence electrons. The van der Waals surface area contributed by atoms with E-state index in [1.807, 2.05) is 12.1 Å². The van der Waals surface area contributed by atoms with Gasteiger partial charge in [-0.1, -0.05) is 37.1 Å². The molecule has 0 aliphatic heterocycles. The molecule has 1 fully saturated rings. The van der Waals surface area contributed by atoms with Crippen molar-refractivity contribution >= 4 is 5.91 Å². The van der Waals surface area contributed by atoms with Crippen LogP contribution in [0.1, 0.15) is 43.2 Å². The Morgan fingerprint density at radius 1 is 1.32 bits per heavy atom. The second kappa shape index (κ2) is 6.20. The largest absolute Gasteiger partial charge is 0.349 e. The van der Waals surface area contributed by atoms with Gasteiger partial charge in [-0.3, -0.25) is 4.79 Å². The number of amides is 1. The van der Waals surface area contributed by atoms with E-state index < -0.39 is 0 Å². The fourth-order valence-electron chi connectivity index (χ4n) is 2.93. The van der Waals surface area contributed by atoms with Crippen molar-refractivity contribution in [3.8, 4) is 0 Å². The Labute approximate surface area is 115 Å². The van der Waals surface area contributed by atoms with Gasteiger partial charge in [-0.25, -0.2) is 0 Å². The Morgan fingerprint density at radius 3 is 2.63 bits per heavy atom. The fourth-order valence-corrected chi connectivity index (χ4v) is 2.93. The van der Waals surface area contributed by atoms with Gasteiger partial charge in [0.05, 0.1) is 5.54 Å². The molecule has 1 saturated carbocycles. The third-order valence-electron chi connectivity index (χ3n) is 4.24. The van der Waals surface area contributed by atoms with Crippen molar-refractivity contribution in [2.24, 2.45) is 5.73 Å². The van der Waals surface area contributed by atoms with E-state index in [4.69, 9.17) is 5.73 Å². The summed E-state index contributed by atoms with van der Waals surface area (Å²) in [5, 5.41) is 3.17. The number of hydrogen-bond donors (Lipinski definition) is 2. The first-order chi connectivity index (χ1) is 9.15. The van der Waals surface area contributed by atoms with E-state index in [1.165, 1.54) is 24.0 Å². The van der Waals surface area contributed by atoms with E-state index in [2.05, 4.69) is 24.4 Å². The second-order valence-corrected chi connectivity index (χ2v) is 5.67. The SMILES string of the molecule is Cc1ccccc1CCC(=O)NC1(CN)CCCC1. The van der Waals surface area contributed by atoms with Crippen LogP contribution < -0.4 is 11.1 Å². The van der Waals surface area contributed by atoms with Crippen molar-refractivity contribution < 1.29 is 4.79 Å². The van der Waals surface area contributed by atoms with E-state index >= 15 is 0 Å². The summed E-state index contributed by atoms with van der Waals surface area (Å²) in [4.78, 5) is 12.1. The minimum Gasteiger partial charge on any atom is -0.349 e. The lowest BCUT2D eigenvalue weighted by Gasteiger charge is -2.28. The summed E-state index contributed by atoms with van der Waals surface area (Å²) in [7, 11) is 0. The van der Waals surface area contributed by atoms with Crippen LogP contribution in [0.15, 0.2) is 24.3 Å². The third kappa shape index (κ3) is 3.57. The predicted molar refractivity (Wildman–Crippen MR) is 77.9 cm³/mol. The molecule has 0 heterocycles. The first-order valence-electron chi connectivity index (χ1n) is 7.21. The summed E-state index contributed by atoms with van der Waals surface area (Å²) in [5.41, 5.74) is 8.22. The van der Waals surface area contributed by atoms with Crippen molar-refractivity contribution in [1.29, 1.82) is 0 Å². The topological polar surface area (TPSA) is 55.1 Å². The Bertz CT molecular complexity index is 436. The molecule has 0 atom stereocenters. The molecule has 0 saturated heterocycles. The molecule has 0 radical (unpaired) electrons. The number of aryl methyl sites for hydroxylation is 2. The minimum absolute atomic E-state index is 0.122. The van der Waals surface area contributed by atoms with Gasteiger partial charge in [-0.05, 0) is 37.3 Å². The number of carbonyl (C=O) groups excluding carboxylic acids is 1. The Balaban J connectivity index is 1.86. The highest BCUT2D eigenvalue weighted by Crippen LogP contribution is 2.28. The molecular weight excluding hydrogens is 236 g/mol. The number of nitrogens with one attached hydrogen (secondary N) is 1. The van der Waals surface area contributed by atoms with Crippen molar-refractivity contribution in [3.63, 3.8) is 0 Å². The van der Waals surface area contributed by atoms with Crippen LogP contribution in [0.25, 0.3) is 0 Å². The quantitative estimate of drug-likeness (QED) is 0.853. The summed E-state index contributed by atoms with van der Waals surface area (Å²) >= 11 is 0. The molecule has 1 aromatic carbocycles. The Hall–Kier alpha value is -1.35. The zero-order valence-corrected chi connectivity index (χ0v) is 11.7. The van der Waals surface area contributed by atoms with Gasteiger partial charge in [0.25, 0.3) is 0 Å². The lowest BCUT2D eigenvalue weighted by molar-refractivity contribution is -0.122. The van der Waals surface area contributed by atoms with E-state index in [1.54, 1.807) is 0 Å². The van der Waals surface area contributed by atoms with Gasteiger partial charge >= 0.3 is 0 Å². The van der Waals surface area contributed by atoms with Crippen LogP contribution in [0.5, 0.6) is 0 Å². The summed E-state index contributed by atoms with van der Waals surface area (Å²) in [6.45, 7) is 2.65. The predicted octanol–water partition coefficient (Wildman–Crippen LogP) is 2.32. The van der Waals surface area contributed by atoms with E-state index in [0.29, 0.717) is 13.0 Å². The van der Waals surface area contributed by atoms with Crippen molar-refractivity contribution in [1.82, 2.24) is 5.32 Å². The maximum atomic E-state index is 12.1. The molecular formula is C16H24N2O. The molecule has 0 aromatic heterocycles. The van der Waals surface area contributed by atoms with E-state index in [-0.39, 0.29) is 11.4 Å². The number of hydrogen-bond acceptors (Lipinski definition) is 2. The van der Waals surface area contributed by atoms with Gasteiger partial charge in [0.1, 0.15) is 0 Å². The van der Waals surface area contributed by atoms with Crippen LogP contribution in [-0.2, 0) is 11.2 Å². The molecule has 0 spiro atoms. The molecule has 1 amide bonds. The van der Waals surface area contributed by atoms with Crippen LogP contribution >= 0.6 is 0 Å². The maximum absolute atomic E-state index is 12.1. The molecule has 1 aromatic rings. The summed E-state index contributed by atoms with van der Waals surface area (Å²) in [5.74, 6) is 0.135. The van der Waals surface area contributed by atoms with Crippen molar-refractivity contribution in [3.05, 3.63) is 35.4 Å². The highest BCUT2D eigenvalue weighted by Gasteiger charge is 2.33. The molecule has 19 heavy (non-hydrogen) atoms. The number of benzene rings is 1. The van der Waals surface area contributed by atoms with Crippen molar-refractivity contribution in [2.45, 2.75) is 51.0 Å². The standard InChI is InChI=1S/C16H24N2O/c1-13-6-2-3-7-14(13)8-9-15(19)18-16(12-17)10-4-5-11-16/h2-3,6-7H,4-5,8-12,17H2,1H3,(H,18,19). The average molecular weight is 260 g/mol. The normalized spacial score (nSPS) is 17.4. The summed E-state index contributed by atoms with van der Waals surface area (Å²) < 4.78 is 0. The molecule has 2 rings (SSSR count). The van der Waals surface area contributed by atoms with Gasteiger partial charge in [-0.15, -0.1) is 0 Å². The van der Waals surface area contributed by atoms with Crippen LogP contribution in [-0.4, -0.2) is 18.0 Å². The highest BCUT2D eigenvalue weighted by atomic mass is 16.1. The number of carbonyl (C=O) groups is 1. The third-order valence-corrected chi connectivity index (χ3v) is 4.24. The average Bonchev–Trinajstić information content (AvgIpc) is 2.87. The fraction of sp³-hybridized carbons (Fsp3) is 0.562. The number of nitrogens with two attached hydrogens (primary N) is 1. The smallest absolute Gasteiger partial charge is 0.220 e. The molecule has 3 N–H and O–H groups in total. The zero-order chi connectivity index (χ0) is 13.7. The highest BCUT2D eigenvalue weighted by molar-refractivity contribution is 5.77. The first-order valence-corrected chi connectivity index (χ1v) is 7.21. The maximum Gasteiger partial charge on any atom is 0.220 e. The van der Waals surface area contributed by atoms with E-state index in [9.17, 15) is 4.79 Å². The molecule has 0 unspecified atom stereocenters. The number of rotatable bonds is 5. The second-order valence-electron chi connectivity index (χ2n) is 5.67. The van der Waals surface area contributed by atoms with Crippen LogP contribution in [0.3, 0.4) is 0 Å². The van der Waals surface area contributed by atoms with Gasteiger partial charge in [0.15, 0.2) is 0 Å². The first kappa shape index (κ1) is 14.1. The Kier molecular flexibility index (Phi) is 4.59. The lowest BCUT2D eigenvalue weighted by Crippen LogP contribution is -2.51. The lowest BCUT2D eigenvalue weighted by atomic mass is 9.97. The van der Waals surface area contributed by atoms with E-state index in [0.717, 1.165) is 19.3 Å². The Morgan fingerprint density at radius 2 is 2.00 bits per heavy atom. The zero-order valence-electron chi connectivity index (χ0n) is 11.7. The monoisotopic (exact) mass is 260 g/mol. The van der Waals surface area contributed by atoms with Crippen LogP contribution in [0, 0.1) is 6.92 Å². The molecule has 0 bridgehead atoms. The minimum atomic E-state index is -0.122. The molecule has 3 heteroatoms.